The minimum atomic E-state index is -0.0524. The topological polar surface area (TPSA) is 55.1 Å². The van der Waals surface area contributed by atoms with Gasteiger partial charge < -0.3 is 11.1 Å². The Morgan fingerprint density at radius 3 is 2.53 bits per heavy atom. The quantitative estimate of drug-likeness (QED) is 0.807. The average Bonchev–Trinajstić information content (AvgIpc) is 2.20. The maximum absolute atomic E-state index is 11.0. The number of hydrogen-bond acceptors (Lipinski definition) is 2. The molecule has 4 heteroatoms. The first kappa shape index (κ1) is 13.6. The molecule has 1 amide bonds. The van der Waals surface area contributed by atoms with Crippen molar-refractivity contribution in [3.05, 3.63) is 28.8 Å². The zero-order valence-corrected chi connectivity index (χ0v) is 11.3. The number of rotatable bonds is 4. The van der Waals surface area contributed by atoms with Gasteiger partial charge in [0, 0.05) is 19.0 Å². The molecule has 0 aliphatic carbocycles. The third-order valence-electron chi connectivity index (χ3n) is 2.63. The predicted molar refractivity (Wildman–Crippen MR) is 75.3 cm³/mol. The average molecular weight is 250 g/mol. The van der Waals surface area contributed by atoms with Gasteiger partial charge >= 0.3 is 0 Å². The number of nitrogens with two attached hydrogens (primary N) is 1. The van der Waals surface area contributed by atoms with Gasteiger partial charge in [-0.1, -0.05) is 18.3 Å². The van der Waals surface area contributed by atoms with Crippen molar-refractivity contribution in [2.45, 2.75) is 33.6 Å². The Balaban J connectivity index is 2.92. The summed E-state index contributed by atoms with van der Waals surface area (Å²) in [7, 11) is 0. The molecule has 0 aromatic heterocycles. The van der Waals surface area contributed by atoms with E-state index >= 15 is 0 Å². The van der Waals surface area contributed by atoms with Gasteiger partial charge in [0.15, 0.2) is 0 Å². The van der Waals surface area contributed by atoms with Crippen molar-refractivity contribution in [2.24, 2.45) is 5.73 Å². The summed E-state index contributed by atoms with van der Waals surface area (Å²) in [5.41, 5.74) is 9.80. The molecule has 0 atom stereocenters. The molecule has 92 valence electrons. The molecule has 0 aliphatic heterocycles. The second-order valence-electron chi connectivity index (χ2n) is 4.24. The summed E-state index contributed by atoms with van der Waals surface area (Å²) in [4.78, 5) is 11.6. The fourth-order valence-electron chi connectivity index (χ4n) is 1.73. The van der Waals surface area contributed by atoms with E-state index in [1.54, 1.807) is 0 Å². The molecular formula is C13H18N2OS. The summed E-state index contributed by atoms with van der Waals surface area (Å²) in [5.74, 6) is -0.0524. The summed E-state index contributed by atoms with van der Waals surface area (Å²) in [6, 6.07) is 4.07. The smallest absolute Gasteiger partial charge is 0.221 e. The highest BCUT2D eigenvalue weighted by molar-refractivity contribution is 7.80. The van der Waals surface area contributed by atoms with Crippen molar-refractivity contribution in [1.82, 2.24) is 0 Å². The first-order chi connectivity index (χ1) is 7.90. The summed E-state index contributed by atoms with van der Waals surface area (Å²) >= 11 is 4.87. The molecule has 17 heavy (non-hydrogen) atoms. The fourth-order valence-corrected chi connectivity index (χ4v) is 1.83. The molecule has 0 saturated carbocycles. The minimum Gasteiger partial charge on any atom is -0.393 e. The van der Waals surface area contributed by atoms with E-state index in [0.717, 1.165) is 29.7 Å². The molecule has 1 aromatic rings. The van der Waals surface area contributed by atoms with Gasteiger partial charge in [-0.15, -0.1) is 0 Å². The fraction of sp³-hybridized carbons (Fsp3) is 0.385. The van der Waals surface area contributed by atoms with Crippen LogP contribution >= 0.6 is 12.2 Å². The van der Waals surface area contributed by atoms with Crippen LogP contribution in [0.3, 0.4) is 0 Å². The van der Waals surface area contributed by atoms with Crippen molar-refractivity contribution in [2.75, 3.05) is 5.32 Å². The summed E-state index contributed by atoms with van der Waals surface area (Å²) < 4.78 is 0. The molecule has 3 nitrogen and oxygen atoms in total. The Hall–Kier alpha value is -1.42. The zero-order chi connectivity index (χ0) is 13.0. The van der Waals surface area contributed by atoms with Crippen LogP contribution in [0, 0.1) is 13.8 Å². The van der Waals surface area contributed by atoms with E-state index in [2.05, 4.69) is 11.4 Å². The van der Waals surface area contributed by atoms with Crippen LogP contribution in [0.2, 0.25) is 0 Å². The number of benzene rings is 1. The monoisotopic (exact) mass is 250 g/mol. The first-order valence-electron chi connectivity index (χ1n) is 5.56. The van der Waals surface area contributed by atoms with Gasteiger partial charge in [-0.25, -0.2) is 0 Å². The molecule has 0 saturated heterocycles. The summed E-state index contributed by atoms with van der Waals surface area (Å²) in [6.07, 6.45) is 1.57. The number of aryl methyl sites for hydroxylation is 3. The first-order valence-corrected chi connectivity index (χ1v) is 5.97. The van der Waals surface area contributed by atoms with E-state index in [-0.39, 0.29) is 5.91 Å². The summed E-state index contributed by atoms with van der Waals surface area (Å²) in [5, 5.41) is 2.82. The normalized spacial score (nSPS) is 10.1. The van der Waals surface area contributed by atoms with E-state index in [1.807, 2.05) is 19.9 Å². The van der Waals surface area contributed by atoms with Crippen LogP contribution in [0.4, 0.5) is 5.69 Å². The zero-order valence-electron chi connectivity index (χ0n) is 10.5. The number of carbonyl (C=O) groups excluding carboxylic acids is 1. The Morgan fingerprint density at radius 1 is 1.35 bits per heavy atom. The van der Waals surface area contributed by atoms with E-state index < -0.39 is 0 Å². The molecule has 0 radical (unpaired) electrons. The Kier molecular flexibility index (Phi) is 4.63. The number of carbonyl (C=O) groups is 1. The minimum absolute atomic E-state index is 0.0524. The Morgan fingerprint density at radius 2 is 2.00 bits per heavy atom. The molecule has 1 rings (SSSR count). The van der Waals surface area contributed by atoms with Gasteiger partial charge in [0.25, 0.3) is 0 Å². The lowest BCUT2D eigenvalue weighted by atomic mass is 10.00. The van der Waals surface area contributed by atoms with E-state index in [1.165, 1.54) is 12.5 Å². The Bertz CT molecular complexity index is 455. The second kappa shape index (κ2) is 5.77. The maximum atomic E-state index is 11.0. The SMILES string of the molecule is CC(=O)Nc1cc(C)c(CCC(N)=S)cc1C. The van der Waals surface area contributed by atoms with Crippen molar-refractivity contribution in [3.8, 4) is 0 Å². The van der Waals surface area contributed by atoms with E-state index in [0.29, 0.717) is 4.99 Å². The third kappa shape index (κ3) is 4.15. The van der Waals surface area contributed by atoms with Gasteiger partial charge in [0.2, 0.25) is 5.91 Å². The molecule has 0 bridgehead atoms. The van der Waals surface area contributed by atoms with Crippen LogP contribution in [0.1, 0.15) is 30.0 Å². The van der Waals surface area contributed by atoms with Gasteiger partial charge in [0.05, 0.1) is 4.99 Å². The molecule has 3 N–H and O–H groups in total. The third-order valence-corrected chi connectivity index (χ3v) is 2.84. The number of thiocarbonyl (C=S) groups is 1. The lowest BCUT2D eigenvalue weighted by Crippen LogP contribution is -2.10. The van der Waals surface area contributed by atoms with Crippen LogP contribution < -0.4 is 11.1 Å². The van der Waals surface area contributed by atoms with Crippen LogP contribution in [0.25, 0.3) is 0 Å². The summed E-state index contributed by atoms with van der Waals surface area (Å²) in [6.45, 7) is 5.52. The van der Waals surface area contributed by atoms with Gasteiger partial charge in [-0.05, 0) is 43.0 Å². The van der Waals surface area contributed by atoms with Crippen molar-refractivity contribution in [3.63, 3.8) is 0 Å². The van der Waals surface area contributed by atoms with Crippen molar-refractivity contribution in [1.29, 1.82) is 0 Å². The van der Waals surface area contributed by atoms with Crippen molar-refractivity contribution >= 4 is 28.8 Å². The molecular weight excluding hydrogens is 232 g/mol. The molecule has 1 aromatic carbocycles. The number of amides is 1. The highest BCUT2D eigenvalue weighted by Gasteiger charge is 2.06. The standard InChI is InChI=1S/C13H18N2OS/c1-8-7-12(15-10(3)16)9(2)6-11(8)4-5-13(14)17/h6-7H,4-5H2,1-3H3,(H2,14,17)(H,15,16). The molecule has 0 unspecified atom stereocenters. The van der Waals surface area contributed by atoms with Crippen LogP contribution in [-0.2, 0) is 11.2 Å². The highest BCUT2D eigenvalue weighted by Crippen LogP contribution is 2.21. The van der Waals surface area contributed by atoms with Gasteiger partial charge in [0.1, 0.15) is 0 Å². The molecule has 0 heterocycles. The lowest BCUT2D eigenvalue weighted by Gasteiger charge is -2.12. The Labute approximate surface area is 107 Å². The van der Waals surface area contributed by atoms with Crippen LogP contribution in [0.5, 0.6) is 0 Å². The largest absolute Gasteiger partial charge is 0.393 e. The van der Waals surface area contributed by atoms with E-state index in [4.69, 9.17) is 18.0 Å². The lowest BCUT2D eigenvalue weighted by molar-refractivity contribution is -0.114. The number of nitrogens with one attached hydrogen (secondary N) is 1. The van der Waals surface area contributed by atoms with Gasteiger partial charge in [-0.2, -0.15) is 0 Å². The van der Waals surface area contributed by atoms with Gasteiger partial charge in [-0.3, -0.25) is 4.79 Å². The maximum Gasteiger partial charge on any atom is 0.221 e. The highest BCUT2D eigenvalue weighted by atomic mass is 32.1. The molecule has 0 fully saturated rings. The predicted octanol–water partition coefficient (Wildman–Crippen LogP) is 2.48. The van der Waals surface area contributed by atoms with Crippen LogP contribution in [0.15, 0.2) is 12.1 Å². The molecule has 0 aliphatic rings. The van der Waals surface area contributed by atoms with Crippen molar-refractivity contribution < 1.29 is 4.79 Å². The second-order valence-corrected chi connectivity index (χ2v) is 4.77. The number of hydrogen-bond donors (Lipinski definition) is 2. The van der Waals surface area contributed by atoms with Crippen LogP contribution in [-0.4, -0.2) is 10.9 Å². The van der Waals surface area contributed by atoms with E-state index in [9.17, 15) is 4.79 Å². The number of anilines is 1. The molecule has 0 spiro atoms.